The second kappa shape index (κ2) is 6.35. The van der Waals surface area contributed by atoms with Crippen LogP contribution in [0.1, 0.15) is 18.1 Å². The fourth-order valence-corrected chi connectivity index (χ4v) is 2.70. The van der Waals surface area contributed by atoms with Crippen molar-refractivity contribution in [3.8, 4) is 0 Å². The Hall–Kier alpha value is -3.22. The fraction of sp³-hybridized carbons (Fsp3) is 0.167. The normalized spacial score (nSPS) is 19.7. The van der Waals surface area contributed by atoms with Gasteiger partial charge in [0.15, 0.2) is 0 Å². The Morgan fingerprint density at radius 3 is 2.56 bits per heavy atom. The third kappa shape index (κ3) is 3.21. The predicted molar refractivity (Wildman–Crippen MR) is 87.4 cm³/mol. The largest absolute Gasteiger partial charge is 0.344 e. The van der Waals surface area contributed by atoms with Crippen LogP contribution in [0.25, 0.3) is 0 Å². The number of imide groups is 1. The van der Waals surface area contributed by atoms with Gasteiger partial charge in [-0.3, -0.25) is 15.0 Å². The van der Waals surface area contributed by atoms with Gasteiger partial charge in [-0.15, -0.1) is 0 Å². The van der Waals surface area contributed by atoms with Crippen LogP contribution in [0.2, 0.25) is 0 Å². The minimum Gasteiger partial charge on any atom is -0.318 e. The van der Waals surface area contributed by atoms with Crippen molar-refractivity contribution in [2.45, 2.75) is 18.9 Å². The summed E-state index contributed by atoms with van der Waals surface area (Å²) in [5.74, 6) is -1.64. The maximum absolute atomic E-state index is 13.2. The van der Waals surface area contributed by atoms with Crippen molar-refractivity contribution in [3.05, 3.63) is 71.5 Å². The van der Waals surface area contributed by atoms with Gasteiger partial charge in [-0.1, -0.05) is 42.5 Å². The first-order chi connectivity index (χ1) is 11.9. The van der Waals surface area contributed by atoms with Crippen molar-refractivity contribution in [3.63, 3.8) is 0 Å². The molecule has 1 heterocycles. The number of carbonyl (C=O) groups excluding carboxylic acids is 3. The summed E-state index contributed by atoms with van der Waals surface area (Å²) in [5, 5.41) is 3.25. The van der Waals surface area contributed by atoms with E-state index in [2.05, 4.69) is 10.7 Å². The van der Waals surface area contributed by atoms with Gasteiger partial charge in [0.25, 0.3) is 5.91 Å². The lowest BCUT2D eigenvalue weighted by molar-refractivity contribution is -0.138. The number of amides is 4. The van der Waals surface area contributed by atoms with Gasteiger partial charge < -0.3 is 5.32 Å². The van der Waals surface area contributed by atoms with Crippen molar-refractivity contribution >= 4 is 17.8 Å². The lowest BCUT2D eigenvalue weighted by atomic mass is 9.92. The Labute approximate surface area is 143 Å². The molecule has 1 aliphatic rings. The number of benzene rings is 2. The third-order valence-corrected chi connectivity index (χ3v) is 4.03. The first kappa shape index (κ1) is 16.6. The molecular weight excluding hydrogens is 325 g/mol. The van der Waals surface area contributed by atoms with Crippen LogP contribution in [0, 0.1) is 5.82 Å². The van der Waals surface area contributed by atoms with Gasteiger partial charge >= 0.3 is 6.03 Å². The number of urea groups is 1. The number of hydrogen-bond acceptors (Lipinski definition) is 3. The number of nitrogens with one attached hydrogen (secondary N) is 2. The molecule has 1 unspecified atom stereocenters. The molecule has 4 amide bonds. The molecule has 3 rings (SSSR count). The molecule has 0 bridgehead atoms. The van der Waals surface area contributed by atoms with E-state index in [-0.39, 0.29) is 6.42 Å². The van der Waals surface area contributed by atoms with Crippen LogP contribution >= 0.6 is 0 Å². The summed E-state index contributed by atoms with van der Waals surface area (Å²) in [5.41, 5.74) is 2.07. The van der Waals surface area contributed by atoms with Gasteiger partial charge in [-0.25, -0.2) is 9.18 Å². The molecule has 6 nitrogen and oxygen atoms in total. The number of nitrogens with zero attached hydrogens (tertiary/aromatic N) is 1. The molecule has 2 aromatic carbocycles. The number of rotatable bonds is 4. The maximum atomic E-state index is 13.2. The van der Waals surface area contributed by atoms with E-state index >= 15 is 0 Å². The SMILES string of the molecule is CC1(c2ccccc2)NC(=O)N(NC(=O)Cc2cccc(F)c2)C1=O. The lowest BCUT2D eigenvalue weighted by Gasteiger charge is -2.22. The maximum Gasteiger partial charge on any atom is 0.344 e. The van der Waals surface area contributed by atoms with Crippen LogP contribution in [0.15, 0.2) is 54.6 Å². The van der Waals surface area contributed by atoms with Gasteiger partial charge in [0.05, 0.1) is 6.42 Å². The molecule has 2 N–H and O–H groups in total. The Morgan fingerprint density at radius 1 is 1.16 bits per heavy atom. The lowest BCUT2D eigenvalue weighted by Crippen LogP contribution is -2.48. The number of carbonyl (C=O) groups is 3. The molecule has 0 aliphatic carbocycles. The molecule has 0 saturated carbocycles. The van der Waals surface area contributed by atoms with Gasteiger partial charge in [0.2, 0.25) is 5.91 Å². The van der Waals surface area contributed by atoms with Crippen molar-refractivity contribution in [2.24, 2.45) is 0 Å². The number of hydrogen-bond donors (Lipinski definition) is 2. The Bertz CT molecular complexity index is 840. The molecule has 128 valence electrons. The monoisotopic (exact) mass is 341 g/mol. The van der Waals surface area contributed by atoms with Crippen molar-refractivity contribution in [1.82, 2.24) is 15.8 Å². The van der Waals surface area contributed by atoms with E-state index < -0.39 is 29.2 Å². The highest BCUT2D eigenvalue weighted by Crippen LogP contribution is 2.27. The van der Waals surface area contributed by atoms with Gasteiger partial charge in [-0.05, 0) is 30.2 Å². The van der Waals surface area contributed by atoms with Gasteiger partial charge in [0, 0.05) is 0 Å². The van der Waals surface area contributed by atoms with E-state index in [1.165, 1.54) is 18.2 Å². The zero-order valence-corrected chi connectivity index (χ0v) is 13.5. The van der Waals surface area contributed by atoms with Crippen molar-refractivity contribution in [2.75, 3.05) is 0 Å². The first-order valence-corrected chi connectivity index (χ1v) is 7.66. The number of halogens is 1. The molecular formula is C18H16FN3O3. The highest BCUT2D eigenvalue weighted by atomic mass is 19.1. The molecule has 1 fully saturated rings. The molecule has 7 heteroatoms. The molecule has 1 atom stereocenters. The highest BCUT2D eigenvalue weighted by molar-refractivity contribution is 6.08. The summed E-state index contributed by atoms with van der Waals surface area (Å²) in [4.78, 5) is 36.9. The molecule has 1 aliphatic heterocycles. The second-order valence-corrected chi connectivity index (χ2v) is 5.90. The number of hydrazine groups is 1. The summed E-state index contributed by atoms with van der Waals surface area (Å²) in [7, 11) is 0. The second-order valence-electron chi connectivity index (χ2n) is 5.90. The van der Waals surface area contributed by atoms with Crippen molar-refractivity contribution < 1.29 is 18.8 Å². The van der Waals surface area contributed by atoms with E-state index in [1.54, 1.807) is 43.3 Å². The van der Waals surface area contributed by atoms with E-state index in [1.807, 2.05) is 0 Å². The quantitative estimate of drug-likeness (QED) is 0.834. The smallest absolute Gasteiger partial charge is 0.318 e. The van der Waals surface area contributed by atoms with E-state index in [4.69, 9.17) is 0 Å². The van der Waals surface area contributed by atoms with Crippen LogP contribution in [-0.4, -0.2) is 22.9 Å². The first-order valence-electron chi connectivity index (χ1n) is 7.66. The average molecular weight is 341 g/mol. The van der Waals surface area contributed by atoms with Crippen LogP contribution < -0.4 is 10.7 Å². The summed E-state index contributed by atoms with van der Waals surface area (Å²) in [6.45, 7) is 1.57. The van der Waals surface area contributed by atoms with E-state index in [0.29, 0.717) is 16.1 Å². The van der Waals surface area contributed by atoms with Crippen LogP contribution in [-0.2, 0) is 21.5 Å². The Morgan fingerprint density at radius 2 is 1.88 bits per heavy atom. The predicted octanol–water partition coefficient (Wildman–Crippen LogP) is 1.87. The summed E-state index contributed by atoms with van der Waals surface area (Å²) < 4.78 is 13.2. The average Bonchev–Trinajstić information content (AvgIpc) is 2.80. The third-order valence-electron chi connectivity index (χ3n) is 4.03. The molecule has 0 spiro atoms. The summed E-state index contributed by atoms with van der Waals surface area (Å²) >= 11 is 0. The summed E-state index contributed by atoms with van der Waals surface area (Å²) in [6, 6.07) is 13.6. The van der Waals surface area contributed by atoms with Crippen LogP contribution in [0.3, 0.4) is 0 Å². The van der Waals surface area contributed by atoms with Crippen molar-refractivity contribution in [1.29, 1.82) is 0 Å². The Balaban J connectivity index is 1.74. The minimum atomic E-state index is -1.26. The molecule has 0 aromatic heterocycles. The molecule has 2 aromatic rings. The van der Waals surface area contributed by atoms with Gasteiger partial charge in [0.1, 0.15) is 11.4 Å². The highest BCUT2D eigenvalue weighted by Gasteiger charge is 2.49. The van der Waals surface area contributed by atoms with Crippen LogP contribution in [0.4, 0.5) is 9.18 Å². The zero-order valence-electron chi connectivity index (χ0n) is 13.5. The molecule has 25 heavy (non-hydrogen) atoms. The molecule has 0 radical (unpaired) electrons. The van der Waals surface area contributed by atoms with E-state index in [9.17, 15) is 18.8 Å². The molecule has 1 saturated heterocycles. The summed E-state index contributed by atoms with van der Waals surface area (Å²) in [6.07, 6.45) is -0.156. The van der Waals surface area contributed by atoms with Gasteiger partial charge in [-0.2, -0.15) is 5.01 Å². The topological polar surface area (TPSA) is 78.5 Å². The fourth-order valence-electron chi connectivity index (χ4n) is 2.70. The minimum absolute atomic E-state index is 0.156. The standard InChI is InChI=1S/C18H16FN3O3/c1-18(13-7-3-2-4-8-13)16(24)22(17(25)20-18)21-15(23)11-12-6-5-9-14(19)10-12/h2-10H,11H2,1H3,(H,20,25)(H,21,23). The Kier molecular flexibility index (Phi) is 4.22. The zero-order chi connectivity index (χ0) is 18.0. The van der Waals surface area contributed by atoms with E-state index in [0.717, 1.165) is 0 Å². The van der Waals surface area contributed by atoms with Crippen LogP contribution in [0.5, 0.6) is 0 Å².